The predicted octanol–water partition coefficient (Wildman–Crippen LogP) is 1.60. The molecular formula is C13H21N2OS2+. The maximum atomic E-state index is 12.2. The number of hydrogen-bond acceptors (Lipinski definition) is 3. The van der Waals surface area contributed by atoms with Crippen molar-refractivity contribution in [2.24, 2.45) is 0 Å². The molecule has 0 spiro atoms. The van der Waals surface area contributed by atoms with Gasteiger partial charge < -0.3 is 10.2 Å². The summed E-state index contributed by atoms with van der Waals surface area (Å²) in [5.74, 6) is 0.300. The van der Waals surface area contributed by atoms with Gasteiger partial charge in [-0.2, -0.15) is 0 Å². The Hall–Kier alpha value is -0.520. The van der Waals surface area contributed by atoms with E-state index in [-0.39, 0.29) is 10.6 Å². The van der Waals surface area contributed by atoms with Crippen molar-refractivity contribution in [2.75, 3.05) is 20.1 Å². The molecular weight excluding hydrogens is 264 g/mol. The van der Waals surface area contributed by atoms with Crippen LogP contribution in [0.1, 0.15) is 29.2 Å². The zero-order chi connectivity index (χ0) is 13.1. The number of carbonyl (C=O) groups is 1. The van der Waals surface area contributed by atoms with E-state index in [0.717, 1.165) is 19.5 Å². The van der Waals surface area contributed by atoms with Crippen LogP contribution in [0.25, 0.3) is 0 Å². The highest BCUT2D eigenvalue weighted by Gasteiger charge is 2.39. The molecule has 1 aliphatic rings. The molecule has 0 bridgehead atoms. The molecule has 2 rings (SSSR count). The normalized spacial score (nSPS) is 23.9. The first-order valence-corrected chi connectivity index (χ1v) is 8.25. The van der Waals surface area contributed by atoms with Crippen LogP contribution < -0.4 is 5.32 Å². The number of carbonyl (C=O) groups excluding carboxylic acids is 1. The summed E-state index contributed by atoms with van der Waals surface area (Å²) in [4.78, 5) is 15.6. The summed E-state index contributed by atoms with van der Waals surface area (Å²) in [6.07, 6.45) is 1.07. The summed E-state index contributed by atoms with van der Waals surface area (Å²) in [6.45, 7) is 6.12. The molecule has 1 saturated heterocycles. The minimum absolute atomic E-state index is 0.0992. The highest BCUT2D eigenvalue weighted by atomic mass is 32.2. The summed E-state index contributed by atoms with van der Waals surface area (Å²) < 4.78 is 0. The molecule has 0 unspecified atom stereocenters. The van der Waals surface area contributed by atoms with Crippen LogP contribution in [-0.4, -0.2) is 36.2 Å². The number of nitrogens with zero attached hydrogens (tertiary/aromatic N) is 1. The Bertz CT molecular complexity index is 419. The first-order chi connectivity index (χ1) is 8.65. The number of aryl methyl sites for hydroxylation is 1. The summed E-state index contributed by atoms with van der Waals surface area (Å²) in [5, 5.41) is 4.63. The highest BCUT2D eigenvalue weighted by Crippen LogP contribution is 2.45. The lowest BCUT2D eigenvalue weighted by Crippen LogP contribution is -2.79. The first kappa shape index (κ1) is 13.9. The van der Waals surface area contributed by atoms with Gasteiger partial charge in [-0.25, -0.2) is 0 Å². The Labute approximate surface area is 117 Å². The maximum absolute atomic E-state index is 12.2. The Morgan fingerprint density at radius 1 is 1.50 bits per heavy atom. The molecule has 0 saturated carbocycles. The average Bonchev–Trinajstić information content (AvgIpc) is 2.87. The molecule has 3 nitrogen and oxygen atoms in total. The molecule has 2 atom stereocenters. The van der Waals surface area contributed by atoms with Crippen LogP contribution in [0.4, 0.5) is 0 Å². The van der Waals surface area contributed by atoms with Crippen LogP contribution in [0.15, 0.2) is 11.4 Å². The van der Waals surface area contributed by atoms with Crippen LogP contribution in [0.3, 0.4) is 0 Å². The van der Waals surface area contributed by atoms with E-state index in [0.29, 0.717) is 5.91 Å². The Balaban J connectivity index is 2.12. The number of thioether (sulfide) groups is 1. The number of rotatable bonds is 5. The summed E-state index contributed by atoms with van der Waals surface area (Å²) >= 11 is 3.56. The van der Waals surface area contributed by atoms with Crippen molar-refractivity contribution in [1.29, 1.82) is 0 Å². The molecule has 1 amide bonds. The molecule has 100 valence electrons. The van der Waals surface area contributed by atoms with E-state index in [4.69, 9.17) is 0 Å². The smallest absolute Gasteiger partial charge is 0.236 e. The lowest BCUT2D eigenvalue weighted by Gasteiger charge is -2.23. The first-order valence-electron chi connectivity index (χ1n) is 6.43. The van der Waals surface area contributed by atoms with Gasteiger partial charge in [0.25, 0.3) is 0 Å². The van der Waals surface area contributed by atoms with Crippen molar-refractivity contribution in [3.8, 4) is 0 Å². The zero-order valence-electron chi connectivity index (χ0n) is 11.2. The number of amides is 1. The van der Waals surface area contributed by atoms with Gasteiger partial charge in [-0.15, -0.1) is 23.1 Å². The Morgan fingerprint density at radius 2 is 2.28 bits per heavy atom. The van der Waals surface area contributed by atoms with E-state index in [2.05, 4.69) is 35.6 Å². The van der Waals surface area contributed by atoms with Gasteiger partial charge in [0.05, 0.1) is 18.8 Å². The van der Waals surface area contributed by atoms with Gasteiger partial charge in [-0.05, 0) is 30.9 Å². The Morgan fingerprint density at radius 3 is 2.89 bits per heavy atom. The van der Waals surface area contributed by atoms with Crippen molar-refractivity contribution in [2.45, 2.75) is 30.9 Å². The van der Waals surface area contributed by atoms with Gasteiger partial charge in [0.1, 0.15) is 5.37 Å². The lowest BCUT2D eigenvalue weighted by molar-refractivity contribution is -0.627. The van der Waals surface area contributed by atoms with Crippen molar-refractivity contribution < 1.29 is 10.1 Å². The quantitative estimate of drug-likeness (QED) is 0.834. The molecule has 18 heavy (non-hydrogen) atoms. The SMILES string of the molecule is C[NH2+]CCCN1C(=O)[C@@H](C)S[C@@H]1c1sccc1C. The lowest BCUT2D eigenvalue weighted by atomic mass is 10.2. The van der Waals surface area contributed by atoms with E-state index in [1.54, 1.807) is 23.1 Å². The van der Waals surface area contributed by atoms with Crippen molar-refractivity contribution in [3.63, 3.8) is 0 Å². The topological polar surface area (TPSA) is 36.9 Å². The second-order valence-electron chi connectivity index (χ2n) is 4.68. The minimum Gasteiger partial charge on any atom is -0.349 e. The molecule has 5 heteroatoms. The molecule has 2 heterocycles. The summed E-state index contributed by atoms with van der Waals surface area (Å²) in [5.41, 5.74) is 1.31. The predicted molar refractivity (Wildman–Crippen MR) is 77.9 cm³/mol. The molecule has 1 aromatic heterocycles. The fourth-order valence-electron chi connectivity index (χ4n) is 2.21. The molecule has 1 aliphatic heterocycles. The van der Waals surface area contributed by atoms with E-state index < -0.39 is 0 Å². The van der Waals surface area contributed by atoms with Crippen LogP contribution in [0, 0.1) is 6.92 Å². The van der Waals surface area contributed by atoms with E-state index in [1.165, 1.54) is 10.4 Å². The molecule has 2 N–H and O–H groups in total. The van der Waals surface area contributed by atoms with Crippen LogP contribution in [-0.2, 0) is 4.79 Å². The minimum atomic E-state index is 0.0992. The highest BCUT2D eigenvalue weighted by molar-refractivity contribution is 8.01. The van der Waals surface area contributed by atoms with Gasteiger partial charge in [0.2, 0.25) is 5.91 Å². The van der Waals surface area contributed by atoms with Crippen LogP contribution in [0.5, 0.6) is 0 Å². The van der Waals surface area contributed by atoms with Crippen molar-refractivity contribution in [1.82, 2.24) is 4.90 Å². The van der Waals surface area contributed by atoms with Gasteiger partial charge in [-0.1, -0.05) is 0 Å². The Kier molecular flexibility index (Phi) is 4.70. The number of nitrogens with two attached hydrogens (primary N) is 1. The average molecular weight is 285 g/mol. The largest absolute Gasteiger partial charge is 0.349 e. The second kappa shape index (κ2) is 6.08. The molecule has 1 fully saturated rings. The number of hydrogen-bond donors (Lipinski definition) is 1. The van der Waals surface area contributed by atoms with E-state index >= 15 is 0 Å². The molecule has 1 aromatic rings. The third-order valence-electron chi connectivity index (χ3n) is 3.26. The fourth-order valence-corrected chi connectivity index (χ4v) is 4.76. The standard InChI is InChI=1S/C13H20N2OS2/c1-9-5-8-17-11(9)13-15(7-4-6-14-3)12(16)10(2)18-13/h5,8,10,13-14H,4,6-7H2,1-3H3/p+1/t10-,13-/m1/s1. The maximum Gasteiger partial charge on any atom is 0.236 e. The molecule has 0 aliphatic carbocycles. The van der Waals surface area contributed by atoms with Crippen molar-refractivity contribution >= 4 is 29.0 Å². The van der Waals surface area contributed by atoms with Crippen LogP contribution >= 0.6 is 23.1 Å². The fraction of sp³-hybridized carbons (Fsp3) is 0.615. The third kappa shape index (κ3) is 2.73. The van der Waals surface area contributed by atoms with E-state index in [9.17, 15) is 4.79 Å². The van der Waals surface area contributed by atoms with E-state index in [1.807, 2.05) is 6.92 Å². The molecule has 0 radical (unpaired) electrons. The molecule has 0 aromatic carbocycles. The zero-order valence-corrected chi connectivity index (χ0v) is 12.8. The van der Waals surface area contributed by atoms with Gasteiger partial charge in [0, 0.05) is 17.8 Å². The number of quaternary nitrogens is 1. The van der Waals surface area contributed by atoms with Gasteiger partial charge in [-0.3, -0.25) is 4.79 Å². The van der Waals surface area contributed by atoms with Gasteiger partial charge >= 0.3 is 0 Å². The summed E-state index contributed by atoms with van der Waals surface area (Å²) in [6, 6.07) is 2.14. The number of thiophene rings is 1. The van der Waals surface area contributed by atoms with Crippen LogP contribution in [0.2, 0.25) is 0 Å². The van der Waals surface area contributed by atoms with Crippen molar-refractivity contribution in [3.05, 3.63) is 21.9 Å². The second-order valence-corrected chi connectivity index (χ2v) is 7.05. The van der Waals surface area contributed by atoms with Gasteiger partial charge in [0.15, 0.2) is 0 Å². The summed E-state index contributed by atoms with van der Waals surface area (Å²) in [7, 11) is 2.07. The monoisotopic (exact) mass is 285 g/mol. The third-order valence-corrected chi connectivity index (χ3v) is 5.84.